The summed E-state index contributed by atoms with van der Waals surface area (Å²) in [4.78, 5) is 24.6. The summed E-state index contributed by atoms with van der Waals surface area (Å²) in [6, 6.07) is 11.9. The number of hydrogen-bond acceptors (Lipinski definition) is 5. The van der Waals surface area contributed by atoms with Gasteiger partial charge < -0.3 is 10.4 Å². The smallest absolute Gasteiger partial charge is 0.339 e. The van der Waals surface area contributed by atoms with Crippen molar-refractivity contribution in [3.05, 3.63) is 83.2 Å². The maximum atomic E-state index is 15.5. The van der Waals surface area contributed by atoms with E-state index in [0.29, 0.717) is 29.4 Å². The molecule has 188 valence electrons. The van der Waals surface area contributed by atoms with Gasteiger partial charge in [-0.3, -0.25) is 9.48 Å². The molecule has 2 saturated carbocycles. The van der Waals surface area contributed by atoms with Crippen LogP contribution >= 0.6 is 0 Å². The molecule has 2 aromatic heterocycles. The number of amides is 1. The fourth-order valence-corrected chi connectivity index (χ4v) is 4.83. The molecule has 0 aliphatic heterocycles. The summed E-state index contributed by atoms with van der Waals surface area (Å²) in [6.45, 7) is 0.558. The average molecular weight is 501 g/mol. The number of nitrogens with zero attached hydrogens (tertiary/aromatic N) is 5. The van der Waals surface area contributed by atoms with Crippen molar-refractivity contribution >= 4 is 11.9 Å². The summed E-state index contributed by atoms with van der Waals surface area (Å²) >= 11 is 0. The highest BCUT2D eigenvalue weighted by atomic mass is 19.1. The van der Waals surface area contributed by atoms with Gasteiger partial charge in [0.05, 0.1) is 28.8 Å². The number of aromatic carboxylic acids is 1. The number of benzene rings is 2. The third kappa shape index (κ3) is 4.39. The van der Waals surface area contributed by atoms with Gasteiger partial charge in [-0.2, -0.15) is 5.10 Å². The van der Waals surface area contributed by atoms with Gasteiger partial charge in [0.1, 0.15) is 11.4 Å². The Morgan fingerprint density at radius 1 is 1.14 bits per heavy atom. The molecule has 2 atom stereocenters. The number of carboxylic acids is 1. The molecule has 2 heterocycles. The maximum absolute atomic E-state index is 15.5. The molecule has 2 aromatic carbocycles. The number of nitrogens with one attached hydrogen (secondary N) is 1. The van der Waals surface area contributed by atoms with E-state index in [0.717, 1.165) is 25.0 Å². The second-order valence-corrected chi connectivity index (χ2v) is 9.80. The Kier molecular flexibility index (Phi) is 5.58. The van der Waals surface area contributed by atoms with Crippen molar-refractivity contribution in [2.24, 2.45) is 13.0 Å². The lowest BCUT2D eigenvalue weighted by molar-refractivity contribution is 0.0695. The highest BCUT2D eigenvalue weighted by Crippen LogP contribution is 2.55. The number of carbonyl (C=O) groups is 2. The SMILES string of the molecule is Cn1cc(C2CC2c2c(C(=O)O)cnn2-c2cccc(-c3cccc(C(=O)NCC4CC4)c3F)c2)nn1. The first-order valence-corrected chi connectivity index (χ1v) is 12.3. The van der Waals surface area contributed by atoms with E-state index >= 15 is 4.39 Å². The van der Waals surface area contributed by atoms with Gasteiger partial charge in [0, 0.05) is 37.2 Å². The summed E-state index contributed by atoms with van der Waals surface area (Å²) in [6.07, 6.45) is 6.10. The Hall–Kier alpha value is -4.34. The topological polar surface area (TPSA) is 115 Å². The molecule has 1 amide bonds. The number of carboxylic acid groups (broad SMARTS) is 1. The summed E-state index contributed by atoms with van der Waals surface area (Å²) in [5.41, 5.74) is 2.97. The molecular formula is C27H25FN6O3. The Morgan fingerprint density at radius 2 is 1.95 bits per heavy atom. The zero-order chi connectivity index (χ0) is 25.7. The van der Waals surface area contributed by atoms with E-state index in [2.05, 4.69) is 20.7 Å². The predicted molar refractivity (Wildman–Crippen MR) is 132 cm³/mol. The van der Waals surface area contributed by atoms with Crippen LogP contribution in [0.15, 0.2) is 54.9 Å². The third-order valence-electron chi connectivity index (χ3n) is 7.07. The lowest BCUT2D eigenvalue weighted by atomic mass is 10.0. The first kappa shape index (κ1) is 23.1. The number of aromatic nitrogens is 5. The summed E-state index contributed by atoms with van der Waals surface area (Å²) in [5.74, 6) is -1.61. The van der Waals surface area contributed by atoms with Gasteiger partial charge in [0.2, 0.25) is 0 Å². The zero-order valence-corrected chi connectivity index (χ0v) is 20.1. The van der Waals surface area contributed by atoms with Crippen molar-refractivity contribution in [2.45, 2.75) is 31.1 Å². The van der Waals surface area contributed by atoms with Crippen LogP contribution in [0.3, 0.4) is 0 Å². The van der Waals surface area contributed by atoms with Gasteiger partial charge in [-0.25, -0.2) is 13.9 Å². The Balaban J connectivity index is 1.34. The van der Waals surface area contributed by atoms with Crippen LogP contribution < -0.4 is 5.32 Å². The lowest BCUT2D eigenvalue weighted by Gasteiger charge is -2.12. The molecule has 6 rings (SSSR count). The van der Waals surface area contributed by atoms with Gasteiger partial charge in [-0.1, -0.05) is 29.5 Å². The van der Waals surface area contributed by atoms with E-state index in [4.69, 9.17) is 0 Å². The van der Waals surface area contributed by atoms with Crippen LogP contribution in [-0.4, -0.2) is 48.3 Å². The molecule has 4 aromatic rings. The predicted octanol–water partition coefficient (Wildman–Crippen LogP) is 3.92. The molecule has 2 fully saturated rings. The third-order valence-corrected chi connectivity index (χ3v) is 7.07. The standard InChI is InChI=1S/C27H25FN6O3/c1-33-14-23(31-32-33)20-11-21(20)25-22(27(36)37)13-30-34(25)17-5-2-4-16(10-17)18-6-3-7-19(24(18)28)26(35)29-12-15-8-9-15/h2-7,10,13-15,20-21H,8-9,11-12H2,1H3,(H,29,35)(H,36,37). The normalized spacial score (nSPS) is 18.5. The molecule has 2 aliphatic carbocycles. The van der Waals surface area contributed by atoms with Crippen LogP contribution in [0.2, 0.25) is 0 Å². The first-order valence-electron chi connectivity index (χ1n) is 12.3. The van der Waals surface area contributed by atoms with Crippen LogP contribution in [0.1, 0.15) is 63.2 Å². The van der Waals surface area contributed by atoms with Crippen LogP contribution in [0.25, 0.3) is 16.8 Å². The molecular weight excluding hydrogens is 475 g/mol. The van der Waals surface area contributed by atoms with E-state index in [1.807, 2.05) is 6.20 Å². The Morgan fingerprint density at radius 3 is 2.68 bits per heavy atom. The molecule has 0 radical (unpaired) electrons. The fourth-order valence-electron chi connectivity index (χ4n) is 4.83. The largest absolute Gasteiger partial charge is 0.478 e. The second kappa shape index (κ2) is 8.95. The monoisotopic (exact) mass is 500 g/mol. The quantitative estimate of drug-likeness (QED) is 0.379. The van der Waals surface area contributed by atoms with Gasteiger partial charge in [0.25, 0.3) is 5.91 Å². The van der Waals surface area contributed by atoms with Crippen LogP contribution in [0.5, 0.6) is 0 Å². The molecule has 10 heteroatoms. The van der Waals surface area contributed by atoms with E-state index < -0.39 is 17.7 Å². The van der Waals surface area contributed by atoms with Crippen LogP contribution in [0.4, 0.5) is 4.39 Å². The molecule has 2 N–H and O–H groups in total. The summed E-state index contributed by atoms with van der Waals surface area (Å²) in [7, 11) is 1.79. The zero-order valence-electron chi connectivity index (χ0n) is 20.1. The van der Waals surface area contributed by atoms with E-state index in [1.54, 1.807) is 52.8 Å². The molecule has 37 heavy (non-hydrogen) atoms. The number of carbonyl (C=O) groups excluding carboxylic acids is 1. The number of hydrogen-bond donors (Lipinski definition) is 2. The number of aryl methyl sites for hydroxylation is 1. The van der Waals surface area contributed by atoms with Crippen LogP contribution in [-0.2, 0) is 7.05 Å². The maximum Gasteiger partial charge on any atom is 0.339 e. The van der Waals surface area contributed by atoms with E-state index in [1.165, 1.54) is 12.3 Å². The molecule has 2 aliphatic rings. The molecule has 0 spiro atoms. The van der Waals surface area contributed by atoms with Gasteiger partial charge in [-0.15, -0.1) is 5.10 Å². The Bertz CT molecular complexity index is 1520. The highest BCUT2D eigenvalue weighted by Gasteiger charge is 2.46. The van der Waals surface area contributed by atoms with Gasteiger partial charge in [0.15, 0.2) is 0 Å². The lowest BCUT2D eigenvalue weighted by Crippen LogP contribution is -2.26. The average Bonchev–Trinajstić information content (AvgIpc) is 3.80. The van der Waals surface area contributed by atoms with Crippen molar-refractivity contribution in [1.82, 2.24) is 30.1 Å². The van der Waals surface area contributed by atoms with Crippen molar-refractivity contribution in [3.8, 4) is 16.8 Å². The van der Waals surface area contributed by atoms with Crippen LogP contribution in [0, 0.1) is 11.7 Å². The van der Waals surface area contributed by atoms with E-state index in [9.17, 15) is 14.7 Å². The summed E-state index contributed by atoms with van der Waals surface area (Å²) < 4.78 is 18.7. The van der Waals surface area contributed by atoms with Gasteiger partial charge >= 0.3 is 5.97 Å². The molecule has 2 unspecified atom stereocenters. The highest BCUT2D eigenvalue weighted by molar-refractivity contribution is 5.96. The summed E-state index contributed by atoms with van der Waals surface area (Å²) in [5, 5.41) is 25.2. The van der Waals surface area contributed by atoms with Crippen molar-refractivity contribution in [1.29, 1.82) is 0 Å². The first-order chi connectivity index (χ1) is 17.9. The fraction of sp³-hybridized carbons (Fsp3) is 0.296. The molecule has 9 nitrogen and oxygen atoms in total. The minimum absolute atomic E-state index is 0.00119. The number of rotatable bonds is 8. The minimum atomic E-state index is -1.06. The van der Waals surface area contributed by atoms with Gasteiger partial charge in [-0.05, 0) is 48.9 Å². The molecule has 0 bridgehead atoms. The number of halogens is 1. The minimum Gasteiger partial charge on any atom is -0.478 e. The Labute approximate surface area is 211 Å². The molecule has 0 saturated heterocycles. The van der Waals surface area contributed by atoms with Crippen molar-refractivity contribution < 1.29 is 19.1 Å². The van der Waals surface area contributed by atoms with Crippen molar-refractivity contribution in [2.75, 3.05) is 6.54 Å². The van der Waals surface area contributed by atoms with E-state index in [-0.39, 0.29) is 28.5 Å². The second-order valence-electron chi connectivity index (χ2n) is 9.80. The van der Waals surface area contributed by atoms with Crippen molar-refractivity contribution in [3.63, 3.8) is 0 Å².